The first kappa shape index (κ1) is 22.5. The number of nitrogens with one attached hydrogen (secondary N) is 1. The fourth-order valence-electron chi connectivity index (χ4n) is 3.11. The molecule has 0 unspecified atom stereocenters. The van der Waals surface area contributed by atoms with Crippen LogP contribution < -0.4 is 5.32 Å². The van der Waals surface area contributed by atoms with Gasteiger partial charge in [0.2, 0.25) is 15.9 Å². The van der Waals surface area contributed by atoms with Crippen LogP contribution in [0.2, 0.25) is 0 Å². The van der Waals surface area contributed by atoms with Gasteiger partial charge in [-0.2, -0.15) is 4.31 Å². The summed E-state index contributed by atoms with van der Waals surface area (Å²) in [6.07, 6.45) is 0.725. The highest BCUT2D eigenvalue weighted by atomic mass is 32.2. The van der Waals surface area contributed by atoms with Crippen LogP contribution in [-0.4, -0.2) is 55.8 Å². The molecule has 1 heterocycles. The summed E-state index contributed by atoms with van der Waals surface area (Å²) >= 11 is 0. The molecule has 2 aromatic rings. The van der Waals surface area contributed by atoms with Gasteiger partial charge < -0.3 is 15.0 Å². The number of hydrogen-bond donors (Lipinski definition) is 1. The fourth-order valence-corrected chi connectivity index (χ4v) is 4.53. The maximum atomic E-state index is 12.9. The van der Waals surface area contributed by atoms with Crippen molar-refractivity contribution in [2.75, 3.05) is 26.2 Å². The normalized spacial score (nSPS) is 14.6. The van der Waals surface area contributed by atoms with Crippen molar-refractivity contribution in [3.05, 3.63) is 78.4 Å². The summed E-state index contributed by atoms with van der Waals surface area (Å²) in [7, 11) is -3.67. The maximum absolute atomic E-state index is 12.9. The van der Waals surface area contributed by atoms with Crippen molar-refractivity contribution < 1.29 is 22.7 Å². The molecule has 164 valence electrons. The van der Waals surface area contributed by atoms with E-state index in [2.05, 4.69) is 11.9 Å². The molecule has 3 rings (SSSR count). The van der Waals surface area contributed by atoms with Gasteiger partial charge in [-0.1, -0.05) is 49.0 Å². The summed E-state index contributed by atoms with van der Waals surface area (Å²) < 4.78 is 32.5. The number of piperazine rings is 1. The highest BCUT2D eigenvalue weighted by Gasteiger charge is 2.30. The van der Waals surface area contributed by atoms with E-state index in [9.17, 15) is 18.0 Å². The molecule has 9 heteroatoms. The number of carbonyl (C=O) groups is 2. The number of carbonyl (C=O) groups excluding carboxylic acids is 2. The van der Waals surface area contributed by atoms with Crippen LogP contribution in [0, 0.1) is 0 Å². The van der Waals surface area contributed by atoms with Crippen molar-refractivity contribution in [2.24, 2.45) is 0 Å². The zero-order valence-electron chi connectivity index (χ0n) is 17.1. The van der Waals surface area contributed by atoms with E-state index in [-0.39, 0.29) is 50.1 Å². The highest BCUT2D eigenvalue weighted by Crippen LogP contribution is 2.19. The Labute approximate surface area is 182 Å². The topological polar surface area (TPSA) is 96.0 Å². The fraction of sp³-hybridized carbons (Fsp3) is 0.273. The molecule has 1 saturated heterocycles. The van der Waals surface area contributed by atoms with Gasteiger partial charge in [0.1, 0.15) is 6.61 Å². The molecule has 31 heavy (non-hydrogen) atoms. The number of amides is 2. The van der Waals surface area contributed by atoms with Gasteiger partial charge in [-0.25, -0.2) is 13.2 Å². The second kappa shape index (κ2) is 10.2. The Balaban J connectivity index is 1.52. The van der Waals surface area contributed by atoms with E-state index < -0.39 is 16.1 Å². The second-order valence-corrected chi connectivity index (χ2v) is 8.94. The summed E-state index contributed by atoms with van der Waals surface area (Å²) in [5.74, 6) is -0.295. The van der Waals surface area contributed by atoms with Crippen molar-refractivity contribution in [3.8, 4) is 0 Å². The van der Waals surface area contributed by atoms with E-state index >= 15 is 0 Å². The molecule has 0 aliphatic carbocycles. The van der Waals surface area contributed by atoms with E-state index in [0.29, 0.717) is 0 Å². The second-order valence-electron chi connectivity index (χ2n) is 7.00. The van der Waals surface area contributed by atoms with Crippen LogP contribution in [0.4, 0.5) is 4.79 Å². The highest BCUT2D eigenvalue weighted by molar-refractivity contribution is 7.89. The third-order valence-corrected chi connectivity index (χ3v) is 6.83. The Morgan fingerprint density at radius 2 is 1.61 bits per heavy atom. The summed E-state index contributed by atoms with van der Waals surface area (Å²) in [6.45, 7) is 4.76. The van der Waals surface area contributed by atoms with Gasteiger partial charge >= 0.3 is 6.09 Å². The molecule has 2 aromatic carbocycles. The number of sulfonamides is 1. The van der Waals surface area contributed by atoms with E-state index in [4.69, 9.17) is 4.74 Å². The molecule has 1 aliphatic heterocycles. The minimum absolute atomic E-state index is 0.173. The minimum Gasteiger partial charge on any atom is -0.445 e. The quantitative estimate of drug-likeness (QED) is 0.662. The molecule has 1 fully saturated rings. The summed E-state index contributed by atoms with van der Waals surface area (Å²) in [5.41, 5.74) is 1.67. The Morgan fingerprint density at radius 3 is 2.23 bits per heavy atom. The third kappa shape index (κ3) is 5.93. The Kier molecular flexibility index (Phi) is 7.43. The lowest BCUT2D eigenvalue weighted by Crippen LogP contribution is -2.50. The van der Waals surface area contributed by atoms with Gasteiger partial charge in [0, 0.05) is 32.7 Å². The molecule has 0 atom stereocenters. The molecule has 0 spiro atoms. The van der Waals surface area contributed by atoms with Gasteiger partial charge in [0.05, 0.1) is 4.90 Å². The monoisotopic (exact) mass is 443 g/mol. The van der Waals surface area contributed by atoms with E-state index in [1.165, 1.54) is 27.4 Å². The van der Waals surface area contributed by atoms with Crippen LogP contribution in [0.15, 0.2) is 72.1 Å². The summed E-state index contributed by atoms with van der Waals surface area (Å²) in [5, 5.41) is 2.64. The standard InChI is InChI=1S/C22H25N3O5S/c1-2-21(26)23-16-18-8-10-20(11-9-18)31(28,29)25-14-12-24(13-15-25)22(27)30-17-19-6-4-3-5-7-19/h2-11H,1,12-17H2,(H,23,26). The van der Waals surface area contributed by atoms with Gasteiger partial charge in [-0.3, -0.25) is 4.79 Å². The zero-order valence-corrected chi connectivity index (χ0v) is 17.9. The number of rotatable bonds is 7. The number of ether oxygens (including phenoxy) is 1. The molecule has 8 nitrogen and oxygen atoms in total. The molecule has 0 saturated carbocycles. The molecule has 0 aromatic heterocycles. The Bertz CT molecular complexity index is 1010. The lowest BCUT2D eigenvalue weighted by Gasteiger charge is -2.33. The lowest BCUT2D eigenvalue weighted by atomic mass is 10.2. The predicted octanol–water partition coefficient (Wildman–Crippen LogP) is 2.13. The molecular weight excluding hydrogens is 418 g/mol. The predicted molar refractivity (Wildman–Crippen MR) is 115 cm³/mol. The average Bonchev–Trinajstić information content (AvgIpc) is 2.82. The van der Waals surface area contributed by atoms with Crippen molar-refractivity contribution in [1.82, 2.24) is 14.5 Å². The first-order valence-corrected chi connectivity index (χ1v) is 11.3. The number of nitrogens with zero attached hydrogens (tertiary/aromatic N) is 2. The smallest absolute Gasteiger partial charge is 0.410 e. The largest absolute Gasteiger partial charge is 0.445 e. The molecule has 1 N–H and O–H groups in total. The van der Waals surface area contributed by atoms with Crippen molar-refractivity contribution >= 4 is 22.0 Å². The molecule has 0 radical (unpaired) electrons. The first-order chi connectivity index (χ1) is 14.9. The summed E-state index contributed by atoms with van der Waals surface area (Å²) in [6, 6.07) is 15.7. The first-order valence-electron chi connectivity index (χ1n) is 9.85. The van der Waals surface area contributed by atoms with Gasteiger partial charge in [0.15, 0.2) is 0 Å². The number of hydrogen-bond acceptors (Lipinski definition) is 5. The maximum Gasteiger partial charge on any atom is 0.410 e. The Morgan fingerprint density at radius 1 is 0.968 bits per heavy atom. The van der Waals surface area contributed by atoms with Crippen molar-refractivity contribution in [3.63, 3.8) is 0 Å². The minimum atomic E-state index is -3.67. The van der Waals surface area contributed by atoms with E-state index in [1.54, 1.807) is 12.1 Å². The third-order valence-electron chi connectivity index (χ3n) is 4.92. The van der Waals surface area contributed by atoms with Crippen LogP contribution >= 0.6 is 0 Å². The van der Waals surface area contributed by atoms with Crippen LogP contribution in [-0.2, 0) is 32.7 Å². The lowest BCUT2D eigenvalue weighted by molar-refractivity contribution is -0.116. The average molecular weight is 444 g/mol. The van der Waals surface area contributed by atoms with Gasteiger partial charge in [0.25, 0.3) is 0 Å². The van der Waals surface area contributed by atoms with E-state index in [1.807, 2.05) is 30.3 Å². The molecule has 2 amide bonds. The van der Waals surface area contributed by atoms with E-state index in [0.717, 1.165) is 11.1 Å². The van der Waals surface area contributed by atoms with Crippen LogP contribution in [0.3, 0.4) is 0 Å². The van der Waals surface area contributed by atoms with Crippen LogP contribution in [0.25, 0.3) is 0 Å². The van der Waals surface area contributed by atoms with Crippen molar-refractivity contribution in [1.29, 1.82) is 0 Å². The van der Waals surface area contributed by atoms with Gasteiger partial charge in [-0.05, 0) is 29.3 Å². The molecule has 1 aliphatic rings. The van der Waals surface area contributed by atoms with Crippen LogP contribution in [0.5, 0.6) is 0 Å². The zero-order chi connectivity index (χ0) is 22.3. The van der Waals surface area contributed by atoms with Crippen LogP contribution in [0.1, 0.15) is 11.1 Å². The molecular formula is C22H25N3O5S. The Hall–Kier alpha value is -3.17. The van der Waals surface area contributed by atoms with Crippen molar-refractivity contribution in [2.45, 2.75) is 18.0 Å². The SMILES string of the molecule is C=CC(=O)NCc1ccc(S(=O)(=O)N2CCN(C(=O)OCc3ccccc3)CC2)cc1. The van der Waals surface area contributed by atoms with Gasteiger partial charge in [-0.15, -0.1) is 0 Å². The number of benzene rings is 2. The summed E-state index contributed by atoms with van der Waals surface area (Å²) in [4.78, 5) is 25.2. The molecule has 0 bridgehead atoms.